The maximum Gasteiger partial charge on any atom is 0.139 e. The van der Waals surface area contributed by atoms with Gasteiger partial charge in [-0.25, -0.2) is 4.98 Å². The number of aromatic nitrogens is 2. The Balaban J connectivity index is 1.69. The van der Waals surface area contributed by atoms with Gasteiger partial charge in [-0.2, -0.15) is 0 Å². The summed E-state index contributed by atoms with van der Waals surface area (Å²) in [7, 11) is 1.69. The Bertz CT molecular complexity index is 818. The van der Waals surface area contributed by atoms with Crippen molar-refractivity contribution in [3.63, 3.8) is 0 Å². The Morgan fingerprint density at radius 2 is 1.91 bits per heavy atom. The number of hydrogen-bond donors (Lipinski definition) is 0. The van der Waals surface area contributed by atoms with Crippen LogP contribution in [0.25, 0.3) is 16.9 Å². The molecule has 1 fully saturated rings. The van der Waals surface area contributed by atoms with Crippen molar-refractivity contribution in [1.29, 1.82) is 0 Å². The third-order valence-electron chi connectivity index (χ3n) is 4.53. The molecule has 0 saturated carbocycles. The van der Waals surface area contributed by atoms with E-state index >= 15 is 0 Å². The van der Waals surface area contributed by atoms with Crippen LogP contribution in [0.2, 0.25) is 0 Å². The summed E-state index contributed by atoms with van der Waals surface area (Å²) in [6.07, 6.45) is 8.10. The van der Waals surface area contributed by atoms with Gasteiger partial charge >= 0.3 is 0 Å². The second-order valence-corrected chi connectivity index (χ2v) is 6.06. The van der Waals surface area contributed by atoms with Crippen molar-refractivity contribution in [2.75, 3.05) is 25.1 Å². The highest BCUT2D eigenvalue weighted by molar-refractivity contribution is 5.66. The summed E-state index contributed by atoms with van der Waals surface area (Å²) in [6.45, 7) is 2.30. The van der Waals surface area contributed by atoms with Crippen molar-refractivity contribution >= 4 is 11.3 Å². The average Bonchev–Trinajstić information content (AvgIpc) is 3.06. The van der Waals surface area contributed by atoms with Crippen molar-refractivity contribution in [2.45, 2.75) is 19.3 Å². The van der Waals surface area contributed by atoms with E-state index in [-0.39, 0.29) is 0 Å². The number of fused-ring (bicyclic) bond motifs is 1. The molecule has 1 aliphatic heterocycles. The van der Waals surface area contributed by atoms with Crippen molar-refractivity contribution in [3.05, 3.63) is 48.8 Å². The first-order valence-corrected chi connectivity index (χ1v) is 8.22. The summed E-state index contributed by atoms with van der Waals surface area (Å²) < 4.78 is 7.39. The van der Waals surface area contributed by atoms with E-state index in [1.54, 1.807) is 7.11 Å². The number of methoxy groups -OCH3 is 1. The van der Waals surface area contributed by atoms with Gasteiger partial charge in [0.15, 0.2) is 0 Å². The fourth-order valence-electron chi connectivity index (χ4n) is 3.24. The molecule has 0 unspecified atom stereocenters. The number of ether oxygens (including phenoxy) is 1. The van der Waals surface area contributed by atoms with Crippen LogP contribution in [0.15, 0.2) is 48.8 Å². The van der Waals surface area contributed by atoms with E-state index < -0.39 is 0 Å². The lowest BCUT2D eigenvalue weighted by atomic mass is 10.1. The first-order chi connectivity index (χ1) is 11.3. The molecule has 23 heavy (non-hydrogen) atoms. The van der Waals surface area contributed by atoms with Gasteiger partial charge in [0.25, 0.3) is 0 Å². The largest absolute Gasteiger partial charge is 0.497 e. The SMILES string of the molecule is COc1cccc(-c2cn3ccc(N4CCCCC4)cc3n2)c1. The number of hydrogen-bond acceptors (Lipinski definition) is 3. The molecule has 0 bridgehead atoms. The number of benzene rings is 1. The van der Waals surface area contributed by atoms with Crippen LogP contribution in [-0.4, -0.2) is 29.6 Å². The van der Waals surface area contributed by atoms with Crippen molar-refractivity contribution in [1.82, 2.24) is 9.38 Å². The Kier molecular flexibility index (Phi) is 3.66. The van der Waals surface area contributed by atoms with E-state index in [4.69, 9.17) is 9.72 Å². The third kappa shape index (κ3) is 2.77. The molecule has 4 nitrogen and oxygen atoms in total. The predicted molar refractivity (Wildman–Crippen MR) is 93.2 cm³/mol. The van der Waals surface area contributed by atoms with Crippen molar-refractivity contribution in [2.24, 2.45) is 0 Å². The number of nitrogens with zero attached hydrogens (tertiary/aromatic N) is 3. The van der Waals surface area contributed by atoms with Crippen LogP contribution in [-0.2, 0) is 0 Å². The van der Waals surface area contributed by atoms with Gasteiger partial charge in [0.1, 0.15) is 11.4 Å². The van der Waals surface area contributed by atoms with E-state index in [2.05, 4.69) is 39.9 Å². The zero-order chi connectivity index (χ0) is 15.6. The monoisotopic (exact) mass is 307 g/mol. The number of pyridine rings is 1. The van der Waals surface area contributed by atoms with E-state index in [1.807, 2.05) is 18.2 Å². The first kappa shape index (κ1) is 14.1. The predicted octanol–water partition coefficient (Wildman–Crippen LogP) is 4.00. The molecule has 0 atom stereocenters. The van der Waals surface area contributed by atoms with E-state index in [1.165, 1.54) is 24.9 Å². The van der Waals surface area contributed by atoms with Gasteiger partial charge in [-0.15, -0.1) is 0 Å². The Morgan fingerprint density at radius 3 is 2.74 bits per heavy atom. The van der Waals surface area contributed by atoms with Gasteiger partial charge in [0.05, 0.1) is 12.8 Å². The van der Waals surface area contributed by atoms with E-state index in [0.717, 1.165) is 35.7 Å². The van der Waals surface area contributed by atoms with E-state index in [0.29, 0.717) is 0 Å². The summed E-state index contributed by atoms with van der Waals surface area (Å²) in [5.41, 5.74) is 4.32. The smallest absolute Gasteiger partial charge is 0.139 e. The van der Waals surface area contributed by atoms with E-state index in [9.17, 15) is 0 Å². The molecule has 1 saturated heterocycles. The summed E-state index contributed by atoms with van der Waals surface area (Å²) in [4.78, 5) is 7.26. The minimum Gasteiger partial charge on any atom is -0.497 e. The van der Waals surface area contributed by atoms with Gasteiger partial charge in [-0.1, -0.05) is 12.1 Å². The van der Waals surface area contributed by atoms with Crippen LogP contribution in [0.3, 0.4) is 0 Å². The molecule has 3 heterocycles. The van der Waals surface area contributed by atoms with Gasteiger partial charge in [-0.3, -0.25) is 0 Å². The lowest BCUT2D eigenvalue weighted by molar-refractivity contribution is 0.415. The fraction of sp³-hybridized carbons (Fsp3) is 0.316. The molecule has 1 aromatic carbocycles. The Morgan fingerprint density at radius 1 is 1.04 bits per heavy atom. The van der Waals surface area contributed by atoms with Gasteiger partial charge in [0.2, 0.25) is 0 Å². The standard InChI is InChI=1S/C19H21N3O/c1-23-17-7-5-6-15(12-17)18-14-22-11-8-16(13-19(22)20-18)21-9-3-2-4-10-21/h5-8,11-14H,2-4,9-10H2,1H3. The molecule has 0 spiro atoms. The van der Waals surface area contributed by atoms with Crippen LogP contribution < -0.4 is 9.64 Å². The van der Waals surface area contributed by atoms with Crippen LogP contribution >= 0.6 is 0 Å². The summed E-state index contributed by atoms with van der Waals surface area (Å²) >= 11 is 0. The normalized spacial score (nSPS) is 15.1. The Hall–Kier alpha value is -2.49. The fourth-order valence-corrected chi connectivity index (χ4v) is 3.24. The zero-order valence-corrected chi connectivity index (χ0v) is 13.4. The molecule has 4 rings (SSSR count). The molecule has 0 N–H and O–H groups in total. The topological polar surface area (TPSA) is 29.8 Å². The van der Waals surface area contributed by atoms with Crippen LogP contribution in [0.1, 0.15) is 19.3 Å². The quantitative estimate of drug-likeness (QED) is 0.732. The summed E-state index contributed by atoms with van der Waals surface area (Å²) in [5.74, 6) is 0.855. The second kappa shape index (κ2) is 5.95. The summed E-state index contributed by atoms with van der Waals surface area (Å²) in [6, 6.07) is 12.4. The molecular weight excluding hydrogens is 286 g/mol. The molecule has 1 aliphatic rings. The molecule has 0 radical (unpaired) electrons. The highest BCUT2D eigenvalue weighted by Crippen LogP contribution is 2.26. The highest BCUT2D eigenvalue weighted by atomic mass is 16.5. The van der Waals surface area contributed by atoms with Gasteiger partial charge in [-0.05, 0) is 37.5 Å². The maximum absolute atomic E-state index is 5.31. The average molecular weight is 307 g/mol. The van der Waals surface area contributed by atoms with Crippen molar-refractivity contribution in [3.8, 4) is 17.0 Å². The maximum atomic E-state index is 5.31. The van der Waals surface area contributed by atoms with Gasteiger partial charge in [0, 0.05) is 42.8 Å². The lowest BCUT2D eigenvalue weighted by Crippen LogP contribution is -2.29. The summed E-state index contributed by atoms with van der Waals surface area (Å²) in [5, 5.41) is 0. The second-order valence-electron chi connectivity index (χ2n) is 6.06. The number of piperidine rings is 1. The van der Waals surface area contributed by atoms with Gasteiger partial charge < -0.3 is 14.0 Å². The first-order valence-electron chi connectivity index (χ1n) is 8.22. The number of rotatable bonds is 3. The van der Waals surface area contributed by atoms with Crippen LogP contribution in [0, 0.1) is 0 Å². The molecule has 4 heteroatoms. The van der Waals surface area contributed by atoms with Crippen LogP contribution in [0.5, 0.6) is 5.75 Å². The molecule has 3 aromatic rings. The molecule has 118 valence electrons. The molecular formula is C19H21N3O. The third-order valence-corrected chi connectivity index (χ3v) is 4.53. The molecule has 0 amide bonds. The number of imidazole rings is 1. The van der Waals surface area contributed by atoms with Crippen LogP contribution in [0.4, 0.5) is 5.69 Å². The lowest BCUT2D eigenvalue weighted by Gasteiger charge is -2.28. The molecule has 0 aliphatic carbocycles. The minimum atomic E-state index is 0.855. The van der Waals surface area contributed by atoms with Crippen molar-refractivity contribution < 1.29 is 4.74 Å². The molecule has 2 aromatic heterocycles. The zero-order valence-electron chi connectivity index (χ0n) is 13.4. The Labute approximate surface area is 136 Å². The highest BCUT2D eigenvalue weighted by Gasteiger charge is 2.12. The number of anilines is 1. The minimum absolute atomic E-state index is 0.855.